The Balaban J connectivity index is 1.49. The molecule has 0 aliphatic heterocycles. The monoisotopic (exact) mass is 395 g/mol. The van der Waals surface area contributed by atoms with Crippen molar-refractivity contribution in [3.8, 4) is 11.4 Å². The number of carbonyl (C=O) groups is 1. The van der Waals surface area contributed by atoms with Crippen molar-refractivity contribution in [3.05, 3.63) is 53.2 Å². The molecule has 0 saturated heterocycles. The van der Waals surface area contributed by atoms with Gasteiger partial charge in [-0.25, -0.2) is 0 Å². The summed E-state index contributed by atoms with van der Waals surface area (Å²) in [6.07, 6.45) is 9.96. The molecule has 0 radical (unpaired) electrons. The zero-order valence-corrected chi connectivity index (χ0v) is 16.8. The first-order valence-electron chi connectivity index (χ1n) is 10.2. The molecule has 5 heteroatoms. The van der Waals surface area contributed by atoms with E-state index < -0.39 is 0 Å². The maximum atomic E-state index is 12.4. The summed E-state index contributed by atoms with van der Waals surface area (Å²) in [5.74, 6) is 0.171. The van der Waals surface area contributed by atoms with E-state index in [4.69, 9.17) is 11.6 Å². The third-order valence-electron chi connectivity index (χ3n) is 5.59. The summed E-state index contributed by atoms with van der Waals surface area (Å²) in [6, 6.07) is 12.2. The number of aromatic amines is 1. The van der Waals surface area contributed by atoms with E-state index in [1.807, 2.05) is 36.4 Å². The molecule has 2 N–H and O–H groups in total. The van der Waals surface area contributed by atoms with Crippen molar-refractivity contribution in [3.63, 3.8) is 0 Å². The second kappa shape index (κ2) is 8.78. The fourth-order valence-electron chi connectivity index (χ4n) is 4.18. The average molecular weight is 396 g/mol. The number of nitrogens with zero attached hydrogens (tertiary/aromatic N) is 1. The summed E-state index contributed by atoms with van der Waals surface area (Å²) >= 11 is 6.25. The summed E-state index contributed by atoms with van der Waals surface area (Å²) in [5, 5.41) is 5.04. The normalized spacial score (nSPS) is 15.0. The molecule has 4 nitrogen and oxygen atoms in total. The van der Waals surface area contributed by atoms with Crippen LogP contribution in [0, 0.1) is 0 Å². The second-order valence-electron chi connectivity index (χ2n) is 7.64. The largest absolute Gasteiger partial charge is 0.353 e. The molecular formula is C23H26ClN3O. The number of aromatic nitrogens is 2. The van der Waals surface area contributed by atoms with Gasteiger partial charge >= 0.3 is 0 Å². The Morgan fingerprint density at radius 1 is 1.18 bits per heavy atom. The molecule has 0 unspecified atom stereocenters. The molecule has 1 saturated carbocycles. The van der Waals surface area contributed by atoms with Crippen LogP contribution >= 0.6 is 11.6 Å². The van der Waals surface area contributed by atoms with Crippen LogP contribution in [-0.4, -0.2) is 21.9 Å². The number of pyridine rings is 1. The number of hydrogen-bond donors (Lipinski definition) is 2. The van der Waals surface area contributed by atoms with Crippen molar-refractivity contribution < 1.29 is 4.79 Å². The van der Waals surface area contributed by atoms with Gasteiger partial charge in [-0.05, 0) is 61.6 Å². The number of halogens is 1. The van der Waals surface area contributed by atoms with E-state index in [1.54, 1.807) is 6.20 Å². The van der Waals surface area contributed by atoms with Crippen molar-refractivity contribution in [1.29, 1.82) is 0 Å². The van der Waals surface area contributed by atoms with Crippen LogP contribution in [0.5, 0.6) is 0 Å². The van der Waals surface area contributed by atoms with Crippen LogP contribution in [0.3, 0.4) is 0 Å². The lowest BCUT2D eigenvalue weighted by Crippen LogP contribution is -2.36. The number of benzene rings is 1. The number of nitrogens with one attached hydrogen (secondary N) is 2. The van der Waals surface area contributed by atoms with E-state index in [2.05, 4.69) is 15.3 Å². The molecular weight excluding hydrogens is 370 g/mol. The maximum Gasteiger partial charge on any atom is 0.220 e. The summed E-state index contributed by atoms with van der Waals surface area (Å²) in [5.41, 5.74) is 4.16. The first kappa shape index (κ1) is 19.0. The van der Waals surface area contributed by atoms with Crippen LogP contribution in [0.2, 0.25) is 5.02 Å². The Morgan fingerprint density at radius 2 is 2.04 bits per heavy atom. The summed E-state index contributed by atoms with van der Waals surface area (Å²) in [7, 11) is 0. The lowest BCUT2D eigenvalue weighted by atomic mass is 9.95. The predicted molar refractivity (Wildman–Crippen MR) is 114 cm³/mol. The molecule has 1 aliphatic rings. The number of aryl methyl sites for hydroxylation is 1. The Morgan fingerprint density at radius 3 is 2.82 bits per heavy atom. The number of carbonyl (C=O) groups excluding carboxylic acids is 1. The topological polar surface area (TPSA) is 57.8 Å². The van der Waals surface area contributed by atoms with Gasteiger partial charge in [0.25, 0.3) is 0 Å². The molecule has 146 valence electrons. The van der Waals surface area contributed by atoms with Crippen molar-refractivity contribution in [2.75, 3.05) is 0 Å². The van der Waals surface area contributed by atoms with Gasteiger partial charge in [0.05, 0.1) is 11.4 Å². The van der Waals surface area contributed by atoms with E-state index in [-0.39, 0.29) is 5.91 Å². The third-order valence-corrected chi connectivity index (χ3v) is 5.83. The van der Waals surface area contributed by atoms with E-state index in [1.165, 1.54) is 24.8 Å². The molecule has 28 heavy (non-hydrogen) atoms. The van der Waals surface area contributed by atoms with Crippen LogP contribution in [0.4, 0.5) is 0 Å². The molecule has 0 atom stereocenters. The van der Waals surface area contributed by atoms with Crippen LogP contribution in [0.1, 0.15) is 50.5 Å². The molecule has 2 aromatic heterocycles. The van der Waals surface area contributed by atoms with Crippen LogP contribution in [0.25, 0.3) is 22.3 Å². The van der Waals surface area contributed by atoms with Gasteiger partial charge in [-0.3, -0.25) is 9.78 Å². The van der Waals surface area contributed by atoms with Gasteiger partial charge in [0.15, 0.2) is 0 Å². The Bertz CT molecular complexity index is 945. The van der Waals surface area contributed by atoms with Gasteiger partial charge in [0.1, 0.15) is 0 Å². The molecule has 0 spiro atoms. The Labute approximate surface area is 170 Å². The molecule has 1 amide bonds. The molecule has 4 rings (SSSR count). The molecule has 0 bridgehead atoms. The predicted octanol–water partition coefficient (Wildman–Crippen LogP) is 5.65. The fourth-order valence-corrected chi connectivity index (χ4v) is 4.35. The smallest absolute Gasteiger partial charge is 0.220 e. The quantitative estimate of drug-likeness (QED) is 0.566. The van der Waals surface area contributed by atoms with Crippen molar-refractivity contribution >= 4 is 28.4 Å². The Kier molecular flexibility index (Phi) is 5.96. The first-order chi connectivity index (χ1) is 13.7. The third kappa shape index (κ3) is 4.39. The SMILES string of the molecule is O=C(CCCc1c(-c2ccccn2)[nH]c2ccc(Cl)cc12)NC1CCCCC1. The van der Waals surface area contributed by atoms with E-state index in [0.29, 0.717) is 12.5 Å². The molecule has 2 heterocycles. The summed E-state index contributed by atoms with van der Waals surface area (Å²) < 4.78 is 0. The van der Waals surface area contributed by atoms with E-state index >= 15 is 0 Å². The van der Waals surface area contributed by atoms with Gasteiger partial charge in [0.2, 0.25) is 5.91 Å². The highest BCUT2D eigenvalue weighted by Crippen LogP contribution is 2.32. The van der Waals surface area contributed by atoms with Gasteiger partial charge < -0.3 is 10.3 Å². The van der Waals surface area contributed by atoms with Crippen LogP contribution < -0.4 is 5.32 Å². The first-order valence-corrected chi connectivity index (χ1v) is 10.6. The number of H-pyrrole nitrogens is 1. The van der Waals surface area contributed by atoms with Gasteiger partial charge in [-0.2, -0.15) is 0 Å². The van der Waals surface area contributed by atoms with Crippen molar-refractivity contribution in [2.24, 2.45) is 0 Å². The molecule has 1 aromatic carbocycles. The van der Waals surface area contributed by atoms with Gasteiger partial charge in [-0.15, -0.1) is 0 Å². The maximum absolute atomic E-state index is 12.4. The van der Waals surface area contributed by atoms with Crippen LogP contribution in [-0.2, 0) is 11.2 Å². The standard InChI is InChI=1S/C23H26ClN3O/c24-16-12-13-20-19(15-16)18(23(27-20)21-10-4-5-14-25-21)9-6-11-22(28)26-17-7-2-1-3-8-17/h4-5,10,12-15,17,27H,1-3,6-9,11H2,(H,26,28). The highest BCUT2D eigenvalue weighted by molar-refractivity contribution is 6.31. The zero-order chi connectivity index (χ0) is 19.3. The summed E-state index contributed by atoms with van der Waals surface area (Å²) in [4.78, 5) is 20.4. The zero-order valence-electron chi connectivity index (χ0n) is 16.0. The number of amides is 1. The number of fused-ring (bicyclic) bond motifs is 1. The number of hydrogen-bond acceptors (Lipinski definition) is 2. The second-order valence-corrected chi connectivity index (χ2v) is 8.08. The number of rotatable bonds is 6. The minimum Gasteiger partial charge on any atom is -0.353 e. The molecule has 3 aromatic rings. The van der Waals surface area contributed by atoms with Gasteiger partial charge in [-0.1, -0.05) is 36.9 Å². The highest BCUT2D eigenvalue weighted by Gasteiger charge is 2.17. The molecule has 1 aliphatic carbocycles. The fraction of sp³-hybridized carbons (Fsp3) is 0.391. The van der Waals surface area contributed by atoms with E-state index in [9.17, 15) is 4.79 Å². The Hall–Kier alpha value is -2.33. The van der Waals surface area contributed by atoms with E-state index in [0.717, 1.165) is 53.0 Å². The van der Waals surface area contributed by atoms with Crippen molar-refractivity contribution in [2.45, 2.75) is 57.4 Å². The minimum absolute atomic E-state index is 0.171. The lowest BCUT2D eigenvalue weighted by molar-refractivity contribution is -0.122. The summed E-state index contributed by atoms with van der Waals surface area (Å²) in [6.45, 7) is 0. The van der Waals surface area contributed by atoms with Crippen molar-refractivity contribution in [1.82, 2.24) is 15.3 Å². The highest BCUT2D eigenvalue weighted by atomic mass is 35.5. The van der Waals surface area contributed by atoms with Gasteiger partial charge in [0, 0.05) is 34.6 Å². The lowest BCUT2D eigenvalue weighted by Gasteiger charge is -2.22. The minimum atomic E-state index is 0.171. The average Bonchev–Trinajstić information content (AvgIpc) is 3.07. The van der Waals surface area contributed by atoms with Crippen LogP contribution in [0.15, 0.2) is 42.6 Å². The molecule has 1 fully saturated rings.